The lowest BCUT2D eigenvalue weighted by atomic mass is 10.1. The predicted molar refractivity (Wildman–Crippen MR) is 126 cm³/mol. The number of hydrogen-bond acceptors (Lipinski definition) is 6. The molecule has 0 radical (unpaired) electrons. The zero-order chi connectivity index (χ0) is 22.5. The molecule has 3 aromatic rings. The van der Waals surface area contributed by atoms with Gasteiger partial charge in [0, 0.05) is 21.3 Å². The van der Waals surface area contributed by atoms with Crippen molar-refractivity contribution in [3.05, 3.63) is 102 Å². The third-order valence-electron chi connectivity index (χ3n) is 4.23. The molecule has 0 aliphatic carbocycles. The number of benzene rings is 3. The molecule has 3 aromatic carbocycles. The highest BCUT2D eigenvalue weighted by Crippen LogP contribution is 2.33. The molecule has 6 nitrogen and oxygen atoms in total. The normalized spacial score (nSPS) is 11.4. The Labute approximate surface area is 195 Å². The summed E-state index contributed by atoms with van der Waals surface area (Å²) in [5.74, 6) is -0.712. The molecule has 0 aliphatic rings. The van der Waals surface area contributed by atoms with Gasteiger partial charge in [-0.15, -0.1) is 11.8 Å². The van der Waals surface area contributed by atoms with Crippen molar-refractivity contribution in [1.82, 2.24) is 0 Å². The highest BCUT2D eigenvalue weighted by atomic mass is 79.9. The van der Waals surface area contributed by atoms with Crippen LogP contribution in [0.15, 0.2) is 70.0 Å². The van der Waals surface area contributed by atoms with E-state index in [-0.39, 0.29) is 16.2 Å². The van der Waals surface area contributed by atoms with Crippen molar-refractivity contribution < 1.29 is 19.9 Å². The fourth-order valence-corrected chi connectivity index (χ4v) is 4.08. The molecule has 0 aliphatic heterocycles. The number of allylic oxidation sites excluding steroid dienone is 1. The maximum Gasteiger partial charge on any atom is 0.310 e. The first-order chi connectivity index (χ1) is 14.7. The number of phenols is 2. The van der Waals surface area contributed by atoms with Crippen LogP contribution in [0.2, 0.25) is 5.02 Å². The molecule has 0 saturated carbocycles. The number of carbonyl (C=O) groups is 1. The van der Waals surface area contributed by atoms with Gasteiger partial charge in [0.1, 0.15) is 5.75 Å². The van der Waals surface area contributed by atoms with E-state index in [0.717, 1.165) is 10.0 Å². The van der Waals surface area contributed by atoms with Crippen LogP contribution in [0.1, 0.15) is 21.5 Å². The molecule has 158 valence electrons. The van der Waals surface area contributed by atoms with Crippen LogP contribution < -0.4 is 0 Å². The van der Waals surface area contributed by atoms with Crippen LogP contribution in [0.4, 0.5) is 5.69 Å². The van der Waals surface area contributed by atoms with E-state index in [1.165, 1.54) is 54.2 Å². The van der Waals surface area contributed by atoms with Crippen molar-refractivity contribution in [3.8, 4) is 11.5 Å². The Morgan fingerprint density at radius 3 is 2.42 bits per heavy atom. The van der Waals surface area contributed by atoms with Gasteiger partial charge in [-0.25, -0.2) is 0 Å². The van der Waals surface area contributed by atoms with E-state index >= 15 is 0 Å². The second kappa shape index (κ2) is 10.00. The summed E-state index contributed by atoms with van der Waals surface area (Å²) < 4.78 is 0.929. The number of nitrogens with zero attached hydrogens (tertiary/aromatic N) is 1. The monoisotopic (exact) mass is 519 g/mol. The lowest BCUT2D eigenvalue weighted by molar-refractivity contribution is -0.385. The van der Waals surface area contributed by atoms with Crippen molar-refractivity contribution in [2.24, 2.45) is 0 Å². The highest BCUT2D eigenvalue weighted by Gasteiger charge is 2.19. The van der Waals surface area contributed by atoms with Crippen LogP contribution in [0.3, 0.4) is 0 Å². The Morgan fingerprint density at radius 2 is 1.77 bits per heavy atom. The molecule has 0 bridgehead atoms. The number of halogens is 2. The lowest BCUT2D eigenvalue weighted by Gasteiger charge is -2.10. The van der Waals surface area contributed by atoms with Crippen molar-refractivity contribution in [1.29, 1.82) is 0 Å². The maximum absolute atomic E-state index is 13.2. The van der Waals surface area contributed by atoms with E-state index in [1.807, 2.05) is 24.3 Å². The van der Waals surface area contributed by atoms with Gasteiger partial charge in [-0.1, -0.05) is 39.7 Å². The fraction of sp³-hybridized carbons (Fsp3) is 0.0455. The smallest absolute Gasteiger partial charge is 0.310 e. The first kappa shape index (κ1) is 22.9. The summed E-state index contributed by atoms with van der Waals surface area (Å²) in [5.41, 5.74) is 0.971. The number of phenolic OH excluding ortho intramolecular Hbond substituents is 2. The quantitative estimate of drug-likeness (QED) is 0.158. The largest absolute Gasteiger partial charge is 0.507 e. The van der Waals surface area contributed by atoms with E-state index in [2.05, 4.69) is 15.9 Å². The van der Waals surface area contributed by atoms with E-state index in [9.17, 15) is 25.1 Å². The summed E-state index contributed by atoms with van der Waals surface area (Å²) in [6.45, 7) is 0. The van der Waals surface area contributed by atoms with Crippen LogP contribution in [0, 0.1) is 10.1 Å². The molecule has 0 heterocycles. The van der Waals surface area contributed by atoms with Crippen LogP contribution in [-0.2, 0) is 5.75 Å². The average molecular weight is 521 g/mol. The Morgan fingerprint density at radius 1 is 1.06 bits per heavy atom. The summed E-state index contributed by atoms with van der Waals surface area (Å²) in [6.07, 6.45) is 1.51. The molecule has 0 saturated heterocycles. The molecule has 0 unspecified atom stereocenters. The molecule has 3 rings (SSSR count). The van der Waals surface area contributed by atoms with Crippen molar-refractivity contribution in [3.63, 3.8) is 0 Å². The second-order valence-corrected chi connectivity index (χ2v) is 8.79. The summed E-state index contributed by atoms with van der Waals surface area (Å²) in [7, 11) is 0. The molecule has 0 aromatic heterocycles. The number of nitro groups is 1. The maximum atomic E-state index is 13.2. The average Bonchev–Trinajstić information content (AvgIpc) is 2.73. The van der Waals surface area contributed by atoms with E-state index in [4.69, 9.17) is 11.6 Å². The summed E-state index contributed by atoms with van der Waals surface area (Å²) >= 11 is 10.6. The number of carbonyl (C=O) groups excluding carboxylic acids is 1. The van der Waals surface area contributed by atoms with Gasteiger partial charge in [0.25, 0.3) is 0 Å². The van der Waals surface area contributed by atoms with Crippen LogP contribution in [-0.4, -0.2) is 20.9 Å². The first-order valence-corrected chi connectivity index (χ1v) is 11.0. The molecule has 2 N–H and O–H groups in total. The first-order valence-electron chi connectivity index (χ1n) is 8.84. The molecule has 0 spiro atoms. The van der Waals surface area contributed by atoms with E-state index < -0.39 is 22.1 Å². The number of hydrogen-bond donors (Lipinski definition) is 2. The van der Waals surface area contributed by atoms with Crippen LogP contribution in [0.25, 0.3) is 6.08 Å². The van der Waals surface area contributed by atoms with Gasteiger partial charge >= 0.3 is 5.69 Å². The standard InChI is InChI=1S/C22H15BrClNO5S/c23-15-4-1-13(2-5-15)12-31-21(22(28)17-11-16(24)6-8-19(17)26)10-14-3-7-18(25(29)30)20(27)9-14/h1-11,26-27H,12H2/b21-10+. The molecule has 0 amide bonds. The van der Waals surface area contributed by atoms with Crippen molar-refractivity contribution in [2.75, 3.05) is 0 Å². The molecule has 31 heavy (non-hydrogen) atoms. The Balaban J connectivity index is 1.98. The van der Waals surface area contributed by atoms with Crippen molar-refractivity contribution >= 4 is 56.8 Å². The van der Waals surface area contributed by atoms with Gasteiger partial charge in [-0.3, -0.25) is 14.9 Å². The molecule has 0 atom stereocenters. The van der Waals surface area contributed by atoms with E-state index in [0.29, 0.717) is 16.3 Å². The van der Waals surface area contributed by atoms with Crippen molar-refractivity contribution in [2.45, 2.75) is 5.75 Å². The zero-order valence-corrected chi connectivity index (χ0v) is 18.9. The predicted octanol–water partition coefficient (Wildman–Crippen LogP) is 6.58. The minimum Gasteiger partial charge on any atom is -0.507 e. The second-order valence-electron chi connectivity index (χ2n) is 6.42. The third-order valence-corrected chi connectivity index (χ3v) is 6.08. The molecular formula is C22H15BrClNO5S. The van der Waals surface area contributed by atoms with Gasteiger partial charge in [0.2, 0.25) is 5.78 Å². The number of thioether (sulfide) groups is 1. The highest BCUT2D eigenvalue weighted by molar-refractivity contribution is 9.10. The Kier molecular flexibility index (Phi) is 7.37. The Bertz CT molecular complexity index is 1180. The number of aromatic hydroxyl groups is 2. The summed E-state index contributed by atoms with van der Waals surface area (Å²) in [5, 5.41) is 31.3. The lowest BCUT2D eigenvalue weighted by Crippen LogP contribution is -2.02. The van der Waals surface area contributed by atoms with Crippen LogP contribution >= 0.6 is 39.3 Å². The topological polar surface area (TPSA) is 101 Å². The number of nitro benzene ring substituents is 1. The van der Waals surface area contributed by atoms with Gasteiger partial charge in [0.15, 0.2) is 5.75 Å². The van der Waals surface area contributed by atoms with Crippen LogP contribution in [0.5, 0.6) is 11.5 Å². The molecular weight excluding hydrogens is 506 g/mol. The number of rotatable bonds is 7. The minimum atomic E-state index is -0.693. The zero-order valence-electron chi connectivity index (χ0n) is 15.8. The van der Waals surface area contributed by atoms with Gasteiger partial charge < -0.3 is 10.2 Å². The number of Topliss-reactive ketones (excluding diaryl/α,β-unsaturated/α-hetero) is 1. The molecule has 9 heteroatoms. The fourth-order valence-electron chi connectivity index (χ4n) is 2.67. The number of ketones is 1. The Hall–Kier alpha value is -2.81. The SMILES string of the molecule is O=C(/C(=C\c1ccc([N+](=O)[O-])c(O)c1)SCc1ccc(Br)cc1)c1cc(Cl)ccc1O. The molecule has 0 fully saturated rings. The third kappa shape index (κ3) is 5.88. The van der Waals surface area contributed by atoms with Gasteiger partial charge in [0.05, 0.1) is 15.4 Å². The minimum absolute atomic E-state index is 0.0354. The van der Waals surface area contributed by atoms with Gasteiger partial charge in [-0.2, -0.15) is 0 Å². The van der Waals surface area contributed by atoms with E-state index in [1.54, 1.807) is 0 Å². The summed E-state index contributed by atoms with van der Waals surface area (Å²) in [4.78, 5) is 23.7. The summed E-state index contributed by atoms with van der Waals surface area (Å²) in [6, 6.07) is 15.6. The van der Waals surface area contributed by atoms with Gasteiger partial charge in [-0.05, 0) is 59.7 Å².